The number of aliphatic hydroxyl groups is 10. The monoisotopic (exact) mass is 1130 g/mol. The molecule has 3 aliphatic heterocycles. The number of benzene rings is 1. The summed E-state index contributed by atoms with van der Waals surface area (Å²) in [6.07, 6.45) is -24.6. The van der Waals surface area contributed by atoms with E-state index in [0.29, 0.717) is 12.0 Å². The van der Waals surface area contributed by atoms with Crippen LogP contribution in [-0.4, -0.2) is 246 Å². The molecule has 0 saturated carbocycles. The zero-order chi connectivity index (χ0) is 59.0. The molecule has 0 aliphatic carbocycles. The number of phenolic OH excluding ortho intramolecular Hbond substituents is 1. The highest BCUT2D eigenvalue weighted by Gasteiger charge is 2.53. The van der Waals surface area contributed by atoms with E-state index in [0.717, 1.165) is 0 Å². The molecule has 22 N–H and O–H groups in total. The molecule has 6 amide bonds. The first-order valence-electron chi connectivity index (χ1n) is 26.2. The van der Waals surface area contributed by atoms with Gasteiger partial charge in [-0.3, -0.25) is 28.8 Å². The summed E-state index contributed by atoms with van der Waals surface area (Å²) in [5.41, 5.74) is 18.3. The second kappa shape index (κ2) is 31.4. The number of amides is 6. The fourth-order valence-corrected chi connectivity index (χ4v) is 8.91. The van der Waals surface area contributed by atoms with Crippen molar-refractivity contribution in [1.82, 2.24) is 26.6 Å². The van der Waals surface area contributed by atoms with Gasteiger partial charge in [0.1, 0.15) is 103 Å². The Morgan fingerprint density at radius 1 is 0.582 bits per heavy atom. The molecule has 79 heavy (non-hydrogen) atoms. The first kappa shape index (κ1) is 66.7. The largest absolute Gasteiger partial charge is 0.508 e. The number of nitrogens with two attached hydrogens (primary N) is 3. The number of aromatic hydroxyl groups is 1. The molecule has 0 bridgehead atoms. The van der Waals surface area contributed by atoms with Crippen molar-refractivity contribution in [2.45, 2.75) is 201 Å². The van der Waals surface area contributed by atoms with Crippen LogP contribution in [0.15, 0.2) is 24.3 Å². The van der Waals surface area contributed by atoms with E-state index in [1.165, 1.54) is 38.1 Å². The van der Waals surface area contributed by atoms with Crippen LogP contribution in [0, 0.1) is 5.92 Å². The van der Waals surface area contributed by atoms with Crippen LogP contribution in [0.5, 0.6) is 5.75 Å². The molecule has 30 heteroatoms. The smallest absolute Gasteiger partial charge is 0.243 e. The molecule has 22 atom stereocenters. The molecule has 1 aromatic carbocycles. The molecule has 4 rings (SSSR count). The number of hydrogen-bond acceptors (Lipinski definition) is 24. The Labute approximate surface area is 455 Å². The average molecular weight is 1140 g/mol. The van der Waals surface area contributed by atoms with Crippen LogP contribution in [0.25, 0.3) is 0 Å². The van der Waals surface area contributed by atoms with Crippen molar-refractivity contribution >= 4 is 35.4 Å². The van der Waals surface area contributed by atoms with Crippen LogP contribution in [-0.2, 0) is 58.9 Å². The Bertz CT molecular complexity index is 2120. The van der Waals surface area contributed by atoms with E-state index in [9.17, 15) is 84.9 Å². The van der Waals surface area contributed by atoms with Crippen LogP contribution >= 0.6 is 0 Å². The summed E-state index contributed by atoms with van der Waals surface area (Å²) in [4.78, 5) is 78.0. The molecule has 0 spiro atoms. The summed E-state index contributed by atoms with van der Waals surface area (Å²) in [7, 11) is 0. The van der Waals surface area contributed by atoms with Gasteiger partial charge < -0.3 is 124 Å². The number of rotatable bonds is 29. The number of aliphatic hydroxyl groups excluding tert-OH is 10. The summed E-state index contributed by atoms with van der Waals surface area (Å²) in [5, 5.41) is 127. The molecule has 450 valence electrons. The van der Waals surface area contributed by atoms with E-state index in [1.54, 1.807) is 6.92 Å². The van der Waals surface area contributed by atoms with E-state index in [2.05, 4.69) is 26.6 Å². The Hall–Kier alpha value is -4.84. The van der Waals surface area contributed by atoms with E-state index in [1.807, 2.05) is 6.92 Å². The highest BCUT2D eigenvalue weighted by molar-refractivity contribution is 5.95. The normalized spacial score (nSPS) is 31.7. The summed E-state index contributed by atoms with van der Waals surface area (Å²) < 4.78 is 28.0. The molecular weight excluding hydrogens is 1050 g/mol. The number of carbonyl (C=O) groups excluding carboxylic acids is 6. The van der Waals surface area contributed by atoms with E-state index in [4.69, 9.17) is 40.9 Å². The maximum Gasteiger partial charge on any atom is 0.243 e. The summed E-state index contributed by atoms with van der Waals surface area (Å²) in [6, 6.07) is -1.01. The summed E-state index contributed by atoms with van der Waals surface area (Å²) in [6.45, 7) is 3.98. The predicted octanol–water partition coefficient (Wildman–Crippen LogP) is -8.34. The number of nitrogens with one attached hydrogen (secondary N) is 5. The molecule has 1 aromatic rings. The summed E-state index contributed by atoms with van der Waals surface area (Å²) >= 11 is 0. The lowest BCUT2D eigenvalue weighted by Gasteiger charge is -2.48. The number of hydrogen-bond donors (Lipinski definition) is 19. The second-order valence-electron chi connectivity index (χ2n) is 20.2. The van der Waals surface area contributed by atoms with Crippen molar-refractivity contribution in [3.8, 4) is 5.75 Å². The Kier molecular flexibility index (Phi) is 26.5. The van der Waals surface area contributed by atoms with Crippen molar-refractivity contribution in [3.05, 3.63) is 29.8 Å². The van der Waals surface area contributed by atoms with Gasteiger partial charge in [0, 0.05) is 13.0 Å². The van der Waals surface area contributed by atoms with Gasteiger partial charge in [-0.25, -0.2) is 0 Å². The third-order valence-corrected chi connectivity index (χ3v) is 14.3. The van der Waals surface area contributed by atoms with Gasteiger partial charge in [0.05, 0.1) is 38.0 Å². The van der Waals surface area contributed by atoms with Crippen molar-refractivity contribution in [1.29, 1.82) is 0 Å². The van der Waals surface area contributed by atoms with E-state index >= 15 is 0 Å². The number of primary amides is 1. The van der Waals surface area contributed by atoms with Crippen molar-refractivity contribution in [2.75, 3.05) is 26.4 Å². The van der Waals surface area contributed by atoms with Crippen LogP contribution in [0.3, 0.4) is 0 Å². The molecule has 0 aromatic heterocycles. The van der Waals surface area contributed by atoms with Crippen molar-refractivity contribution in [2.24, 2.45) is 23.1 Å². The topological polar surface area (TPSA) is 509 Å². The van der Waals surface area contributed by atoms with Gasteiger partial charge in [-0.1, -0.05) is 32.4 Å². The molecule has 3 heterocycles. The van der Waals surface area contributed by atoms with Crippen molar-refractivity contribution < 1.29 is 109 Å². The maximum atomic E-state index is 13.6. The Morgan fingerprint density at radius 2 is 1.08 bits per heavy atom. The van der Waals surface area contributed by atoms with E-state index < -0.39 is 183 Å². The van der Waals surface area contributed by atoms with Crippen molar-refractivity contribution in [3.63, 3.8) is 0 Å². The zero-order valence-corrected chi connectivity index (χ0v) is 44.4. The minimum absolute atomic E-state index is 0.0262. The van der Waals surface area contributed by atoms with Gasteiger partial charge >= 0.3 is 0 Å². The standard InChI is InChI=1S/C49H82N8O22/c1-5-20(2)32(51)47(74)55-22(4)44(71)57-27(16-23-9-11-24(61)12-10-23)46(73)54-21(3)43(70)56-26(42(52)69)8-6-7-15-53-45(72)25(50)13-14-28-33(62)36(65)40(30(18-59)75-28)78-49-39(68)37(66)41(31(19-60)77-49)79-48-38(67)35(64)34(63)29(17-58)76-48/h9-12,20-22,25-41,48-49,58-68H,5-8,13-19,50-51H2,1-4H3,(H2,52,69)(H,53,72)(H,54,73)(H,55,74)(H,56,70)(H,57,71)/t20-,21-,22-,25+,26-,27-,28-,29+,30+,31+,32-,33-,34-,35-,36+,37+,38+,39+,40+,41-,48+,49-/m0/s1. The van der Waals surface area contributed by atoms with Gasteiger partial charge in [-0.15, -0.1) is 0 Å². The van der Waals surface area contributed by atoms with Gasteiger partial charge in [-0.05, 0) is 69.6 Å². The van der Waals surface area contributed by atoms with Crippen LogP contribution in [0.4, 0.5) is 0 Å². The lowest BCUT2D eigenvalue weighted by Crippen LogP contribution is -2.66. The second-order valence-corrected chi connectivity index (χ2v) is 20.2. The number of ether oxygens (including phenoxy) is 5. The Balaban J connectivity index is 1.22. The van der Waals surface area contributed by atoms with Gasteiger partial charge in [-0.2, -0.15) is 0 Å². The van der Waals surface area contributed by atoms with Crippen LogP contribution in [0.1, 0.15) is 71.8 Å². The molecular formula is C49H82N8O22. The maximum absolute atomic E-state index is 13.6. The molecule has 3 fully saturated rings. The Morgan fingerprint density at radius 3 is 1.62 bits per heavy atom. The lowest BCUT2D eigenvalue weighted by molar-refractivity contribution is -0.373. The fraction of sp³-hybridized carbons (Fsp3) is 0.755. The SMILES string of the molecule is CC[C@H](C)[C@H](N)C(=O)N[C@@H](C)C(=O)N[C@@H](Cc1ccc(O)cc1)C(=O)N[C@@H](C)C(=O)N[C@@H](CCCCNC(=O)[C@H](N)CC[C@@H]1O[C@H](CO)[C@@H](O[C@@H]2O[C@H](CO)[C@H](O[C@H]3O[C@H](CO)[C@H](O)[C@H](O)[C@H]3O)[C@H](O)[C@H]2O)[C@H](O)[C@H]1O)C(N)=O. The molecule has 30 nitrogen and oxygen atoms in total. The third-order valence-electron chi connectivity index (χ3n) is 14.3. The van der Waals surface area contributed by atoms with E-state index in [-0.39, 0.29) is 56.7 Å². The quantitative estimate of drug-likeness (QED) is 0.0331. The molecule has 3 aliphatic rings. The summed E-state index contributed by atoms with van der Waals surface area (Å²) in [5.74, 6) is -4.55. The van der Waals surface area contributed by atoms with Gasteiger partial charge in [0.2, 0.25) is 35.4 Å². The first-order chi connectivity index (χ1) is 37.3. The highest BCUT2D eigenvalue weighted by atomic mass is 16.7. The first-order valence-corrected chi connectivity index (χ1v) is 26.2. The third kappa shape index (κ3) is 18.3. The minimum Gasteiger partial charge on any atom is -0.508 e. The number of unbranched alkanes of at least 4 members (excludes halogenated alkanes) is 1. The van der Waals surface area contributed by atoms with Crippen LogP contribution < -0.4 is 43.8 Å². The zero-order valence-electron chi connectivity index (χ0n) is 44.4. The number of carbonyl (C=O) groups is 6. The number of phenols is 1. The average Bonchev–Trinajstić information content (AvgIpc) is 3.44. The molecule has 0 radical (unpaired) electrons. The van der Waals surface area contributed by atoms with Crippen LogP contribution in [0.2, 0.25) is 0 Å². The minimum atomic E-state index is -2.01. The van der Waals surface area contributed by atoms with Gasteiger partial charge in [0.25, 0.3) is 0 Å². The lowest BCUT2D eigenvalue weighted by atomic mass is 9.91. The highest BCUT2D eigenvalue weighted by Crippen LogP contribution is 2.33. The predicted molar refractivity (Wildman–Crippen MR) is 271 cm³/mol. The fourth-order valence-electron chi connectivity index (χ4n) is 8.91. The molecule has 0 unspecified atom stereocenters. The molecule has 3 saturated heterocycles. The van der Waals surface area contributed by atoms with Gasteiger partial charge in [0.15, 0.2) is 12.6 Å².